The monoisotopic (exact) mass is 563 g/mol. The van der Waals surface area contributed by atoms with Crippen molar-refractivity contribution >= 4 is 27.7 Å². The lowest BCUT2D eigenvalue weighted by atomic mass is 10.0. The van der Waals surface area contributed by atoms with Crippen LogP contribution in [0.1, 0.15) is 16.7 Å². The third kappa shape index (κ3) is 11.5. The van der Waals surface area contributed by atoms with Crippen molar-refractivity contribution in [1.29, 1.82) is 0 Å². The summed E-state index contributed by atoms with van der Waals surface area (Å²) in [5.74, 6) is -1.08. The zero-order chi connectivity index (χ0) is 28.8. The summed E-state index contributed by atoms with van der Waals surface area (Å²) in [7, 11) is -3.43. The van der Waals surface area contributed by atoms with E-state index in [-0.39, 0.29) is 13.0 Å². The van der Waals surface area contributed by atoms with Gasteiger partial charge in [-0.15, -0.1) is 0 Å². The second-order valence-corrected chi connectivity index (χ2v) is 11.1. The highest BCUT2D eigenvalue weighted by Crippen LogP contribution is 2.08. The summed E-state index contributed by atoms with van der Waals surface area (Å²) in [5.41, 5.74) is 2.51. The van der Waals surface area contributed by atoms with Crippen LogP contribution in [0.15, 0.2) is 102 Å². The summed E-state index contributed by atoms with van der Waals surface area (Å²) in [6.07, 6.45) is 2.26. The molecule has 0 spiro atoms. The molecule has 3 amide bonds. The van der Waals surface area contributed by atoms with Crippen molar-refractivity contribution in [3.63, 3.8) is 0 Å². The van der Waals surface area contributed by atoms with Crippen LogP contribution in [0.3, 0.4) is 0 Å². The Kier molecular flexibility index (Phi) is 11.5. The van der Waals surface area contributed by atoms with Crippen molar-refractivity contribution < 1.29 is 27.5 Å². The number of carbonyl (C=O) groups is 3. The minimum absolute atomic E-state index is 0.0527. The molecule has 10 heteroatoms. The average Bonchev–Trinajstić information content (AvgIpc) is 2.94. The fourth-order valence-corrected chi connectivity index (χ4v) is 4.26. The normalized spacial score (nSPS) is 12.7. The molecule has 0 aliphatic heterocycles. The number of rotatable bonds is 13. The zero-order valence-corrected chi connectivity index (χ0v) is 23.0. The lowest BCUT2D eigenvalue weighted by Crippen LogP contribution is -2.52. The van der Waals surface area contributed by atoms with Gasteiger partial charge in [0.05, 0.1) is 6.04 Å². The molecule has 2 unspecified atom stereocenters. The molecule has 3 N–H and O–H groups in total. The van der Waals surface area contributed by atoms with Gasteiger partial charge in [0, 0.05) is 18.1 Å². The van der Waals surface area contributed by atoms with Gasteiger partial charge in [-0.1, -0.05) is 97.1 Å². The summed E-state index contributed by atoms with van der Waals surface area (Å²) < 4.78 is 28.6. The first-order valence-corrected chi connectivity index (χ1v) is 14.6. The maximum absolute atomic E-state index is 13.4. The minimum Gasteiger partial charge on any atom is -0.445 e. The quantitative estimate of drug-likeness (QED) is 0.293. The Morgan fingerprint density at radius 1 is 0.775 bits per heavy atom. The number of ether oxygens (including phenoxy) is 1. The van der Waals surface area contributed by atoms with Gasteiger partial charge >= 0.3 is 6.09 Å². The fourth-order valence-electron chi connectivity index (χ4n) is 3.79. The van der Waals surface area contributed by atoms with Gasteiger partial charge in [-0.05, 0) is 23.1 Å². The minimum atomic E-state index is -3.43. The molecule has 210 valence electrons. The molecule has 0 heterocycles. The second kappa shape index (κ2) is 15.2. The molecule has 0 fully saturated rings. The second-order valence-electron chi connectivity index (χ2n) is 9.19. The molecule has 3 aromatic rings. The molecule has 0 aromatic heterocycles. The maximum atomic E-state index is 13.4. The molecule has 40 heavy (non-hydrogen) atoms. The van der Waals surface area contributed by atoms with E-state index in [9.17, 15) is 22.8 Å². The largest absolute Gasteiger partial charge is 0.445 e. The van der Waals surface area contributed by atoms with E-state index < -0.39 is 46.4 Å². The van der Waals surface area contributed by atoms with E-state index in [2.05, 4.69) is 16.0 Å². The molecule has 2 atom stereocenters. The lowest BCUT2D eigenvalue weighted by molar-refractivity contribution is -0.128. The molecular formula is C30H33N3O6S. The molecule has 0 radical (unpaired) electrons. The number of alkyl carbamates (subject to hydrolysis) is 1. The number of sulfone groups is 1. The van der Waals surface area contributed by atoms with Crippen LogP contribution in [0.4, 0.5) is 4.79 Å². The summed E-state index contributed by atoms with van der Waals surface area (Å²) in [6.45, 7) is -0.343. The van der Waals surface area contributed by atoms with Gasteiger partial charge in [-0.2, -0.15) is 0 Å². The Labute approximate surface area is 234 Å². The molecule has 0 saturated carbocycles. The Balaban J connectivity index is 1.66. The first-order valence-electron chi connectivity index (χ1n) is 12.7. The predicted octanol–water partition coefficient (Wildman–Crippen LogP) is 2.93. The van der Waals surface area contributed by atoms with Gasteiger partial charge < -0.3 is 20.7 Å². The van der Waals surface area contributed by atoms with Crippen LogP contribution in [0.25, 0.3) is 0 Å². The number of nitrogens with one attached hydrogen (secondary N) is 3. The Morgan fingerprint density at radius 2 is 1.30 bits per heavy atom. The highest BCUT2D eigenvalue weighted by Gasteiger charge is 2.24. The fraction of sp³-hybridized carbons (Fsp3) is 0.233. The number of carbonyl (C=O) groups excluding carboxylic acids is 3. The summed E-state index contributed by atoms with van der Waals surface area (Å²) in [5, 5.41) is 8.96. The van der Waals surface area contributed by atoms with Gasteiger partial charge in [0.25, 0.3) is 0 Å². The number of benzene rings is 3. The van der Waals surface area contributed by atoms with Crippen molar-refractivity contribution in [3.05, 3.63) is 119 Å². The lowest BCUT2D eigenvalue weighted by Gasteiger charge is -2.22. The highest BCUT2D eigenvalue weighted by molar-refractivity contribution is 7.93. The van der Waals surface area contributed by atoms with E-state index in [1.165, 1.54) is 6.08 Å². The Bertz CT molecular complexity index is 1380. The van der Waals surface area contributed by atoms with E-state index in [0.29, 0.717) is 6.42 Å². The van der Waals surface area contributed by atoms with Crippen LogP contribution in [0.5, 0.6) is 0 Å². The molecule has 0 aliphatic rings. The topological polar surface area (TPSA) is 131 Å². The molecule has 0 saturated heterocycles. The third-order valence-corrected chi connectivity index (χ3v) is 6.38. The van der Waals surface area contributed by atoms with Crippen molar-refractivity contribution in [2.75, 3.05) is 12.8 Å². The van der Waals surface area contributed by atoms with E-state index in [1.54, 1.807) is 0 Å². The SMILES string of the molecule is CS(=O)(=O)/C=C/C(Cc1ccccc1)NC(=O)C(Cc1ccccc1)NC(=O)CNC(=O)OCc1ccccc1. The predicted molar refractivity (Wildman–Crippen MR) is 153 cm³/mol. The summed E-state index contributed by atoms with van der Waals surface area (Å²) in [4.78, 5) is 38.1. The Hall–Kier alpha value is -4.44. The van der Waals surface area contributed by atoms with Crippen molar-refractivity contribution in [2.24, 2.45) is 0 Å². The molecule has 0 aliphatic carbocycles. The van der Waals surface area contributed by atoms with Crippen molar-refractivity contribution in [3.8, 4) is 0 Å². The van der Waals surface area contributed by atoms with Gasteiger partial charge in [0.15, 0.2) is 9.84 Å². The Morgan fingerprint density at radius 3 is 1.85 bits per heavy atom. The van der Waals surface area contributed by atoms with Crippen LogP contribution in [-0.2, 0) is 43.6 Å². The van der Waals surface area contributed by atoms with Crippen LogP contribution in [-0.4, -0.2) is 51.2 Å². The number of amides is 3. The average molecular weight is 564 g/mol. The van der Waals surface area contributed by atoms with Gasteiger partial charge in [-0.3, -0.25) is 9.59 Å². The highest BCUT2D eigenvalue weighted by atomic mass is 32.2. The zero-order valence-electron chi connectivity index (χ0n) is 22.2. The van der Waals surface area contributed by atoms with Crippen LogP contribution in [0, 0.1) is 0 Å². The van der Waals surface area contributed by atoms with Crippen LogP contribution in [0.2, 0.25) is 0 Å². The number of hydrogen-bond acceptors (Lipinski definition) is 6. The van der Waals surface area contributed by atoms with E-state index >= 15 is 0 Å². The molecule has 0 bridgehead atoms. The van der Waals surface area contributed by atoms with Gasteiger partial charge in [-0.25, -0.2) is 13.2 Å². The standard InChI is InChI=1S/C30H33N3O6S/c1-40(37,38)18-17-26(19-23-11-5-2-6-12-23)32-29(35)27(20-24-13-7-3-8-14-24)33-28(34)21-31-30(36)39-22-25-15-9-4-10-16-25/h2-18,26-27H,19-22H2,1H3,(H,31,36)(H,32,35)(H,33,34)/b18-17+. The van der Waals surface area contributed by atoms with Gasteiger partial charge in [0.2, 0.25) is 11.8 Å². The first kappa shape index (κ1) is 30.1. The molecule has 3 aromatic carbocycles. The van der Waals surface area contributed by atoms with E-state index in [0.717, 1.165) is 28.4 Å². The maximum Gasteiger partial charge on any atom is 0.407 e. The molecule has 9 nitrogen and oxygen atoms in total. The van der Waals surface area contributed by atoms with Crippen molar-refractivity contribution in [1.82, 2.24) is 16.0 Å². The third-order valence-electron chi connectivity index (χ3n) is 5.72. The first-order chi connectivity index (χ1) is 19.2. The summed E-state index contributed by atoms with van der Waals surface area (Å²) >= 11 is 0. The van der Waals surface area contributed by atoms with E-state index in [4.69, 9.17) is 4.74 Å². The molecular weight excluding hydrogens is 530 g/mol. The van der Waals surface area contributed by atoms with Gasteiger partial charge in [0.1, 0.15) is 19.2 Å². The summed E-state index contributed by atoms with van der Waals surface area (Å²) in [6, 6.07) is 25.9. The molecule has 3 rings (SSSR count). The van der Waals surface area contributed by atoms with E-state index in [1.807, 2.05) is 91.0 Å². The van der Waals surface area contributed by atoms with Crippen LogP contribution >= 0.6 is 0 Å². The smallest absolute Gasteiger partial charge is 0.407 e. The van der Waals surface area contributed by atoms with Crippen LogP contribution < -0.4 is 16.0 Å². The number of hydrogen-bond donors (Lipinski definition) is 3. The van der Waals surface area contributed by atoms with Crippen molar-refractivity contribution in [2.45, 2.75) is 31.5 Å².